The lowest BCUT2D eigenvalue weighted by molar-refractivity contribution is 0.668. The summed E-state index contributed by atoms with van der Waals surface area (Å²) < 4.78 is 12.4. The molecule has 0 fully saturated rings. The quantitative estimate of drug-likeness (QED) is 0.188. The number of benzene rings is 7. The third-order valence-corrected chi connectivity index (χ3v) is 9.52. The van der Waals surface area contributed by atoms with Crippen LogP contribution >= 0.6 is 0 Å². The Balaban J connectivity index is 1.22. The predicted molar refractivity (Wildman–Crippen MR) is 204 cm³/mol. The number of para-hydroxylation sites is 2. The maximum atomic E-state index is 6.20. The van der Waals surface area contributed by atoms with Crippen molar-refractivity contribution in [2.45, 2.75) is 0 Å². The van der Waals surface area contributed by atoms with E-state index in [0.29, 0.717) is 5.82 Å². The summed E-state index contributed by atoms with van der Waals surface area (Å²) in [6.45, 7) is 0. The molecule has 0 saturated heterocycles. The van der Waals surface area contributed by atoms with Crippen LogP contribution in [0, 0.1) is 0 Å². The summed E-state index contributed by atoms with van der Waals surface area (Å²) in [6.07, 6.45) is 0. The molecule has 0 N–H and O–H groups in total. The Hall–Kier alpha value is -6.78. The first-order valence-electron chi connectivity index (χ1n) is 16.7. The molecule has 0 spiro atoms. The van der Waals surface area contributed by atoms with Crippen LogP contribution in [0.1, 0.15) is 0 Å². The van der Waals surface area contributed by atoms with Crippen molar-refractivity contribution in [2.24, 2.45) is 0 Å². The van der Waals surface area contributed by atoms with Gasteiger partial charge in [0.1, 0.15) is 22.3 Å². The average molecular weight is 641 g/mol. The van der Waals surface area contributed by atoms with Crippen molar-refractivity contribution in [1.82, 2.24) is 9.97 Å². The van der Waals surface area contributed by atoms with Gasteiger partial charge in [0.15, 0.2) is 5.82 Å². The first-order chi connectivity index (χ1) is 24.7. The monoisotopic (exact) mass is 640 g/mol. The molecule has 4 heteroatoms. The van der Waals surface area contributed by atoms with Crippen LogP contribution < -0.4 is 0 Å². The van der Waals surface area contributed by atoms with E-state index in [1.807, 2.05) is 60.7 Å². The summed E-state index contributed by atoms with van der Waals surface area (Å²) in [5.41, 5.74) is 12.6. The van der Waals surface area contributed by atoms with E-state index in [9.17, 15) is 0 Å². The molecule has 0 unspecified atom stereocenters. The molecule has 0 radical (unpaired) electrons. The van der Waals surface area contributed by atoms with Gasteiger partial charge in [-0.3, -0.25) is 0 Å². The maximum Gasteiger partial charge on any atom is 0.160 e. The summed E-state index contributed by atoms with van der Waals surface area (Å²) in [6, 6.07) is 58.6. The fraction of sp³-hybridized carbons (Fsp3) is 0. The molecule has 7 aromatic carbocycles. The molecule has 0 bridgehead atoms. The van der Waals surface area contributed by atoms with Crippen molar-refractivity contribution in [3.63, 3.8) is 0 Å². The number of fused-ring (bicyclic) bond motifs is 6. The van der Waals surface area contributed by atoms with Crippen LogP contribution in [-0.2, 0) is 0 Å². The highest BCUT2D eigenvalue weighted by Gasteiger charge is 2.18. The van der Waals surface area contributed by atoms with Crippen LogP contribution in [0.5, 0.6) is 0 Å². The van der Waals surface area contributed by atoms with E-state index in [-0.39, 0.29) is 0 Å². The third-order valence-electron chi connectivity index (χ3n) is 9.52. The minimum Gasteiger partial charge on any atom is -0.456 e. The molecule has 3 heterocycles. The minimum atomic E-state index is 0.681. The summed E-state index contributed by atoms with van der Waals surface area (Å²) in [5, 5.41) is 4.39. The summed E-state index contributed by atoms with van der Waals surface area (Å²) in [5.74, 6) is 0.681. The van der Waals surface area contributed by atoms with Crippen molar-refractivity contribution in [3.05, 3.63) is 170 Å². The van der Waals surface area contributed by atoms with Gasteiger partial charge in [-0.2, -0.15) is 0 Å². The van der Waals surface area contributed by atoms with E-state index in [1.165, 1.54) is 0 Å². The van der Waals surface area contributed by atoms with Gasteiger partial charge in [0.2, 0.25) is 0 Å². The van der Waals surface area contributed by atoms with Crippen molar-refractivity contribution >= 4 is 43.9 Å². The fourth-order valence-electron chi connectivity index (χ4n) is 7.05. The van der Waals surface area contributed by atoms with E-state index in [1.54, 1.807) is 0 Å². The highest BCUT2D eigenvalue weighted by Crippen LogP contribution is 2.40. The predicted octanol–water partition coefficient (Wildman–Crippen LogP) is 12.6. The topological polar surface area (TPSA) is 52.1 Å². The second kappa shape index (κ2) is 11.4. The van der Waals surface area contributed by atoms with Crippen LogP contribution in [0.2, 0.25) is 0 Å². The van der Waals surface area contributed by atoms with E-state index in [4.69, 9.17) is 18.8 Å². The Kier molecular flexibility index (Phi) is 6.46. The van der Waals surface area contributed by atoms with Gasteiger partial charge in [0.25, 0.3) is 0 Å². The van der Waals surface area contributed by atoms with E-state index >= 15 is 0 Å². The second-order valence-electron chi connectivity index (χ2n) is 12.6. The number of hydrogen-bond acceptors (Lipinski definition) is 4. The Morgan fingerprint density at radius 3 is 1.48 bits per heavy atom. The molecule has 234 valence electrons. The molecule has 10 rings (SSSR count). The molecule has 0 amide bonds. The first-order valence-corrected chi connectivity index (χ1v) is 16.7. The SMILES string of the molecule is c1ccc(-c2cc(-c3cc(-c4ccc5oc6ccccc6c5c4)ccc3-c3ccc4oc5ccccc5c4c3)nc(-c3ccccc3)n2)cc1. The molecule has 50 heavy (non-hydrogen) atoms. The normalized spacial score (nSPS) is 11.6. The largest absolute Gasteiger partial charge is 0.456 e. The van der Waals surface area contributed by atoms with Crippen molar-refractivity contribution in [2.75, 3.05) is 0 Å². The lowest BCUT2D eigenvalue weighted by atomic mass is 9.91. The van der Waals surface area contributed by atoms with Gasteiger partial charge >= 0.3 is 0 Å². The molecular weight excluding hydrogens is 613 g/mol. The molecular formula is C46H28N2O2. The molecule has 0 aliphatic rings. The summed E-state index contributed by atoms with van der Waals surface area (Å²) >= 11 is 0. The van der Waals surface area contributed by atoms with Gasteiger partial charge in [-0.25, -0.2) is 9.97 Å². The number of furan rings is 2. The van der Waals surface area contributed by atoms with Crippen LogP contribution in [0.4, 0.5) is 0 Å². The fourth-order valence-corrected chi connectivity index (χ4v) is 7.05. The molecule has 0 aliphatic heterocycles. The smallest absolute Gasteiger partial charge is 0.160 e. The Labute approximate surface area is 287 Å². The highest BCUT2D eigenvalue weighted by molar-refractivity contribution is 6.08. The lowest BCUT2D eigenvalue weighted by Gasteiger charge is -2.15. The molecule has 3 aromatic heterocycles. The van der Waals surface area contributed by atoms with Gasteiger partial charge in [0.05, 0.1) is 11.4 Å². The van der Waals surface area contributed by atoms with Gasteiger partial charge in [-0.15, -0.1) is 0 Å². The third kappa shape index (κ3) is 4.77. The first kappa shape index (κ1) is 28.3. The highest BCUT2D eigenvalue weighted by atomic mass is 16.3. The Bertz CT molecular complexity index is 2810. The van der Waals surface area contributed by atoms with Crippen molar-refractivity contribution in [3.8, 4) is 56.2 Å². The van der Waals surface area contributed by atoms with E-state index < -0.39 is 0 Å². The Morgan fingerprint density at radius 1 is 0.300 bits per heavy atom. The zero-order valence-electron chi connectivity index (χ0n) is 26.9. The van der Waals surface area contributed by atoms with Crippen LogP contribution in [0.25, 0.3) is 100 Å². The molecule has 0 saturated carbocycles. The lowest BCUT2D eigenvalue weighted by Crippen LogP contribution is -1.97. The van der Waals surface area contributed by atoms with Crippen molar-refractivity contribution in [1.29, 1.82) is 0 Å². The standard InChI is InChI=1S/C46H28N2O2/c1-3-11-29(12-4-1)40-28-41(48-46(47-40)30-13-5-2-6-14-30)37-25-31(32-20-23-44-38(26-32)35-15-7-9-17-42(35)49-44)19-22-34(37)33-21-24-45-39(27-33)36-16-8-10-18-43(36)50-45/h1-28H. The number of rotatable bonds is 5. The van der Waals surface area contributed by atoms with E-state index in [2.05, 4.69) is 109 Å². The molecule has 0 aliphatic carbocycles. The number of hydrogen-bond donors (Lipinski definition) is 0. The van der Waals surface area contributed by atoms with Crippen LogP contribution in [-0.4, -0.2) is 9.97 Å². The average Bonchev–Trinajstić information content (AvgIpc) is 3.76. The maximum absolute atomic E-state index is 6.20. The van der Waals surface area contributed by atoms with Gasteiger partial charge in [-0.05, 0) is 70.8 Å². The van der Waals surface area contributed by atoms with Crippen LogP contribution in [0.3, 0.4) is 0 Å². The van der Waals surface area contributed by atoms with Crippen molar-refractivity contribution < 1.29 is 8.83 Å². The second-order valence-corrected chi connectivity index (χ2v) is 12.6. The summed E-state index contributed by atoms with van der Waals surface area (Å²) in [4.78, 5) is 10.3. The Morgan fingerprint density at radius 2 is 0.800 bits per heavy atom. The summed E-state index contributed by atoms with van der Waals surface area (Å²) in [7, 11) is 0. The van der Waals surface area contributed by atoms with E-state index in [0.717, 1.165) is 94.2 Å². The zero-order chi connectivity index (χ0) is 33.0. The van der Waals surface area contributed by atoms with Gasteiger partial charge in [0, 0.05) is 38.2 Å². The molecule has 0 atom stereocenters. The van der Waals surface area contributed by atoms with Crippen LogP contribution in [0.15, 0.2) is 179 Å². The zero-order valence-corrected chi connectivity index (χ0v) is 26.9. The number of aromatic nitrogens is 2. The number of nitrogens with zero attached hydrogens (tertiary/aromatic N) is 2. The van der Waals surface area contributed by atoms with Gasteiger partial charge < -0.3 is 8.83 Å². The van der Waals surface area contributed by atoms with Gasteiger partial charge in [-0.1, -0.05) is 121 Å². The minimum absolute atomic E-state index is 0.681. The molecule has 4 nitrogen and oxygen atoms in total. The molecule has 10 aromatic rings.